The van der Waals surface area contributed by atoms with E-state index in [0.29, 0.717) is 25.5 Å². The predicted octanol–water partition coefficient (Wildman–Crippen LogP) is 1.00. The van der Waals surface area contributed by atoms with Crippen LogP contribution >= 0.6 is 0 Å². The summed E-state index contributed by atoms with van der Waals surface area (Å²) in [6.45, 7) is 4.37. The number of nitrogens with zero attached hydrogens (tertiary/aromatic N) is 1. The molecule has 0 saturated carbocycles. The number of carbonyl (C=O) groups excluding carboxylic acids is 1. The van der Waals surface area contributed by atoms with Crippen molar-refractivity contribution in [2.24, 2.45) is 4.99 Å². The summed E-state index contributed by atoms with van der Waals surface area (Å²) in [6.07, 6.45) is 0.314. The van der Waals surface area contributed by atoms with Crippen molar-refractivity contribution in [1.82, 2.24) is 0 Å². The lowest BCUT2D eigenvalue weighted by molar-refractivity contribution is -0.142. The van der Waals surface area contributed by atoms with E-state index in [1.54, 1.807) is 21.0 Å². The lowest BCUT2D eigenvalue weighted by Gasteiger charge is -1.99. The molecule has 0 radical (unpaired) electrons. The Morgan fingerprint density at radius 3 is 2.67 bits per heavy atom. The topological polar surface area (TPSA) is 47.9 Å². The summed E-state index contributed by atoms with van der Waals surface area (Å²) in [5, 5.41) is 0. The smallest absolute Gasteiger partial charge is 0.307 e. The van der Waals surface area contributed by atoms with Gasteiger partial charge in [0.25, 0.3) is 0 Å². The largest absolute Gasteiger partial charge is 0.484 e. The average Bonchev–Trinajstić information content (AvgIpc) is 2.04. The molecule has 0 N–H and O–H groups in total. The van der Waals surface area contributed by atoms with Gasteiger partial charge in [0.15, 0.2) is 5.90 Å². The number of hydrogen-bond acceptors (Lipinski definition) is 4. The van der Waals surface area contributed by atoms with Crippen LogP contribution < -0.4 is 0 Å². The van der Waals surface area contributed by atoms with Gasteiger partial charge in [0.1, 0.15) is 0 Å². The molecular weight excluding hydrogens is 158 g/mol. The van der Waals surface area contributed by atoms with E-state index in [-0.39, 0.29) is 5.97 Å². The normalized spacial score (nSPS) is 11.1. The van der Waals surface area contributed by atoms with E-state index in [0.717, 1.165) is 0 Å². The fourth-order valence-electron chi connectivity index (χ4n) is 0.602. The van der Waals surface area contributed by atoms with Gasteiger partial charge in [0.2, 0.25) is 0 Å². The maximum atomic E-state index is 10.8. The van der Waals surface area contributed by atoms with Crippen molar-refractivity contribution in [2.45, 2.75) is 20.3 Å². The Kier molecular flexibility index (Phi) is 6.05. The molecular formula is C8H15NO3. The Hall–Kier alpha value is -1.06. The van der Waals surface area contributed by atoms with Crippen molar-refractivity contribution >= 4 is 11.9 Å². The zero-order chi connectivity index (χ0) is 9.40. The van der Waals surface area contributed by atoms with Crippen LogP contribution in [0.4, 0.5) is 0 Å². The van der Waals surface area contributed by atoms with Gasteiger partial charge in [-0.1, -0.05) is 0 Å². The van der Waals surface area contributed by atoms with Crippen molar-refractivity contribution in [3.8, 4) is 0 Å². The van der Waals surface area contributed by atoms with Gasteiger partial charge in [0.05, 0.1) is 26.7 Å². The van der Waals surface area contributed by atoms with Crippen LogP contribution in [-0.2, 0) is 14.3 Å². The number of esters is 1. The molecule has 0 aliphatic rings. The van der Waals surface area contributed by atoms with Crippen LogP contribution in [0, 0.1) is 0 Å². The Labute approximate surface area is 72.6 Å². The Morgan fingerprint density at radius 1 is 1.50 bits per heavy atom. The predicted molar refractivity (Wildman–Crippen MR) is 46.2 cm³/mol. The molecule has 0 amide bonds. The summed E-state index contributed by atoms with van der Waals surface area (Å²) in [5.74, 6) is 0.365. The Balaban J connectivity index is 3.48. The number of hydrogen-bond donors (Lipinski definition) is 0. The van der Waals surface area contributed by atoms with E-state index < -0.39 is 0 Å². The molecule has 0 saturated heterocycles. The van der Waals surface area contributed by atoms with Crippen LogP contribution in [0.1, 0.15) is 20.3 Å². The summed E-state index contributed by atoms with van der Waals surface area (Å²) in [6, 6.07) is 0. The molecule has 0 aromatic carbocycles. The number of carbonyl (C=O) groups is 1. The summed E-state index contributed by atoms with van der Waals surface area (Å²) in [7, 11) is 1.54. The molecule has 0 rings (SSSR count). The lowest BCUT2D eigenvalue weighted by atomic mass is 10.4. The molecule has 0 aromatic rings. The van der Waals surface area contributed by atoms with Gasteiger partial charge >= 0.3 is 5.97 Å². The Bertz CT molecular complexity index is 166. The van der Waals surface area contributed by atoms with Gasteiger partial charge in [-0.05, 0) is 6.92 Å². The molecule has 4 heteroatoms. The Morgan fingerprint density at radius 2 is 2.17 bits per heavy atom. The maximum Gasteiger partial charge on any atom is 0.307 e. The number of aliphatic imine (C=N–C) groups is 1. The van der Waals surface area contributed by atoms with E-state index in [4.69, 9.17) is 9.47 Å². The summed E-state index contributed by atoms with van der Waals surface area (Å²) in [5.41, 5.74) is 0. The minimum Gasteiger partial charge on any atom is -0.484 e. The zero-order valence-electron chi connectivity index (χ0n) is 7.79. The van der Waals surface area contributed by atoms with Gasteiger partial charge in [-0.15, -0.1) is 0 Å². The molecule has 0 atom stereocenters. The first-order valence-electron chi connectivity index (χ1n) is 3.91. The van der Waals surface area contributed by atoms with Gasteiger partial charge in [-0.25, -0.2) is 0 Å². The third-order valence-electron chi connectivity index (χ3n) is 1.25. The van der Waals surface area contributed by atoms with Crippen molar-refractivity contribution in [3.05, 3.63) is 0 Å². The zero-order valence-corrected chi connectivity index (χ0v) is 7.79. The molecule has 0 fully saturated rings. The van der Waals surface area contributed by atoms with Gasteiger partial charge < -0.3 is 9.47 Å². The number of ether oxygens (including phenoxy) is 2. The van der Waals surface area contributed by atoms with E-state index in [1.807, 2.05) is 0 Å². The first-order chi connectivity index (χ1) is 5.70. The highest BCUT2D eigenvalue weighted by molar-refractivity contribution is 5.74. The van der Waals surface area contributed by atoms with E-state index in [9.17, 15) is 4.79 Å². The van der Waals surface area contributed by atoms with Gasteiger partial charge in [-0.3, -0.25) is 9.79 Å². The molecule has 0 heterocycles. The molecule has 0 aliphatic heterocycles. The van der Waals surface area contributed by atoms with E-state index in [1.165, 1.54) is 0 Å². The minimum atomic E-state index is -0.217. The van der Waals surface area contributed by atoms with Gasteiger partial charge in [-0.2, -0.15) is 0 Å². The maximum absolute atomic E-state index is 10.8. The average molecular weight is 173 g/mol. The first kappa shape index (κ1) is 10.9. The lowest BCUT2D eigenvalue weighted by Crippen LogP contribution is -2.06. The molecule has 0 spiro atoms. The second kappa shape index (κ2) is 6.64. The van der Waals surface area contributed by atoms with Crippen LogP contribution in [-0.4, -0.2) is 32.1 Å². The van der Waals surface area contributed by atoms with Crippen LogP contribution in [0.5, 0.6) is 0 Å². The molecule has 0 aliphatic carbocycles. The standard InChI is InChI=1S/C8H15NO3/c1-4-12-8(10)5-6-9-7(2)11-3/h4-6H2,1-3H3. The van der Waals surface area contributed by atoms with Crippen molar-refractivity contribution in [1.29, 1.82) is 0 Å². The van der Waals surface area contributed by atoms with Crippen LogP contribution in [0.2, 0.25) is 0 Å². The highest BCUT2D eigenvalue weighted by Gasteiger charge is 1.99. The molecule has 0 aromatic heterocycles. The quantitative estimate of drug-likeness (QED) is 0.362. The SMILES string of the molecule is CCOC(=O)CCN=C(C)OC. The molecule has 0 bridgehead atoms. The summed E-state index contributed by atoms with van der Waals surface area (Å²) >= 11 is 0. The van der Waals surface area contributed by atoms with Crippen LogP contribution in [0.15, 0.2) is 4.99 Å². The van der Waals surface area contributed by atoms with Gasteiger partial charge in [0, 0.05) is 6.92 Å². The summed E-state index contributed by atoms with van der Waals surface area (Å²) < 4.78 is 9.50. The highest BCUT2D eigenvalue weighted by Crippen LogP contribution is 1.88. The third kappa shape index (κ3) is 5.70. The second-order valence-electron chi connectivity index (χ2n) is 2.16. The molecule has 12 heavy (non-hydrogen) atoms. The van der Waals surface area contributed by atoms with Crippen molar-refractivity contribution < 1.29 is 14.3 Å². The van der Waals surface area contributed by atoms with Crippen molar-refractivity contribution in [2.75, 3.05) is 20.3 Å². The molecule has 4 nitrogen and oxygen atoms in total. The highest BCUT2D eigenvalue weighted by atomic mass is 16.5. The first-order valence-corrected chi connectivity index (χ1v) is 3.91. The van der Waals surface area contributed by atoms with E-state index >= 15 is 0 Å². The van der Waals surface area contributed by atoms with E-state index in [2.05, 4.69) is 4.99 Å². The fourth-order valence-corrected chi connectivity index (χ4v) is 0.602. The number of rotatable bonds is 4. The third-order valence-corrected chi connectivity index (χ3v) is 1.25. The molecule has 0 unspecified atom stereocenters. The second-order valence-corrected chi connectivity index (χ2v) is 2.16. The van der Waals surface area contributed by atoms with Crippen LogP contribution in [0.3, 0.4) is 0 Å². The number of methoxy groups -OCH3 is 1. The molecule has 70 valence electrons. The van der Waals surface area contributed by atoms with Crippen molar-refractivity contribution in [3.63, 3.8) is 0 Å². The summed E-state index contributed by atoms with van der Waals surface area (Å²) in [4.78, 5) is 14.7. The minimum absolute atomic E-state index is 0.217. The monoisotopic (exact) mass is 173 g/mol. The van der Waals surface area contributed by atoms with Crippen LogP contribution in [0.25, 0.3) is 0 Å². The fraction of sp³-hybridized carbons (Fsp3) is 0.750.